The van der Waals surface area contributed by atoms with E-state index in [4.69, 9.17) is 9.84 Å². The number of carbonyl (C=O) groups is 1. The zero-order valence-electron chi connectivity index (χ0n) is 17.8. The van der Waals surface area contributed by atoms with Gasteiger partial charge >= 0.3 is 5.97 Å². The molecule has 5 rings (SSSR count). The maximum Gasteiger partial charge on any atom is 0.328 e. The van der Waals surface area contributed by atoms with E-state index in [-0.39, 0.29) is 29.8 Å². The van der Waals surface area contributed by atoms with Crippen molar-refractivity contribution in [2.45, 2.75) is 31.0 Å². The van der Waals surface area contributed by atoms with Crippen LogP contribution in [0.5, 0.6) is 0 Å². The lowest BCUT2D eigenvalue weighted by Gasteiger charge is -2.44. The van der Waals surface area contributed by atoms with Gasteiger partial charge in [-0.2, -0.15) is 0 Å². The highest BCUT2D eigenvalue weighted by molar-refractivity contribution is 5.86. The number of para-hydroxylation sites is 1. The first-order valence-electron chi connectivity index (χ1n) is 10.9. The van der Waals surface area contributed by atoms with Crippen LogP contribution in [-0.2, 0) is 16.0 Å². The minimum Gasteiger partial charge on any atom is -0.478 e. The lowest BCUT2D eigenvalue weighted by molar-refractivity contribution is -0.131. The van der Waals surface area contributed by atoms with Crippen molar-refractivity contribution < 1.29 is 28.5 Å². The fourth-order valence-electron chi connectivity index (χ4n) is 5.22. The summed E-state index contributed by atoms with van der Waals surface area (Å²) >= 11 is 0. The maximum atomic E-state index is 15.5. The van der Waals surface area contributed by atoms with Gasteiger partial charge in [0.15, 0.2) is 0 Å². The standard InChI is InChI=1S/C25H24F2N2O4/c26-19-9-14(5-6-22(31)32)10-20(27)23(19)25-24-18(17-3-1-2-4-21(17)28-24)11-16(12-30)29(25)15-7-8-33-13-15/h1-6,9-10,15-16,25,28,30H,7-8,11-13H2,(H,31,32)/t15?,16-,25+/m0/s1. The van der Waals surface area contributed by atoms with E-state index >= 15 is 8.78 Å². The number of aliphatic hydroxyl groups excluding tert-OH is 1. The number of carboxylic acids is 1. The van der Waals surface area contributed by atoms with Crippen LogP contribution in [0.3, 0.4) is 0 Å². The Labute approximate surface area is 189 Å². The van der Waals surface area contributed by atoms with Crippen LogP contribution in [0.2, 0.25) is 0 Å². The van der Waals surface area contributed by atoms with Crippen LogP contribution >= 0.6 is 0 Å². The van der Waals surface area contributed by atoms with E-state index in [1.54, 1.807) is 0 Å². The monoisotopic (exact) mass is 454 g/mol. The second kappa shape index (κ2) is 8.70. The van der Waals surface area contributed by atoms with Gasteiger partial charge in [-0.1, -0.05) is 18.2 Å². The normalized spacial score (nSPS) is 23.4. The summed E-state index contributed by atoms with van der Waals surface area (Å²) in [5.74, 6) is -2.73. The Morgan fingerprint density at radius 2 is 2.00 bits per heavy atom. The van der Waals surface area contributed by atoms with Gasteiger partial charge in [-0.3, -0.25) is 4.90 Å². The molecule has 33 heavy (non-hydrogen) atoms. The van der Waals surface area contributed by atoms with Gasteiger partial charge in [0.25, 0.3) is 0 Å². The van der Waals surface area contributed by atoms with Crippen molar-refractivity contribution >= 4 is 22.9 Å². The van der Waals surface area contributed by atoms with E-state index in [1.807, 2.05) is 29.2 Å². The molecule has 8 heteroatoms. The van der Waals surface area contributed by atoms with Crippen molar-refractivity contribution in [1.82, 2.24) is 9.88 Å². The zero-order chi connectivity index (χ0) is 23.1. The molecule has 2 aromatic carbocycles. The average molecular weight is 454 g/mol. The first kappa shape index (κ1) is 21.8. The molecule has 3 N–H and O–H groups in total. The summed E-state index contributed by atoms with van der Waals surface area (Å²) in [7, 11) is 0. The molecule has 6 nitrogen and oxygen atoms in total. The number of hydrogen-bond acceptors (Lipinski definition) is 4. The summed E-state index contributed by atoms with van der Waals surface area (Å²) in [6, 6.07) is 8.78. The van der Waals surface area contributed by atoms with Crippen LogP contribution in [0, 0.1) is 11.6 Å². The van der Waals surface area contributed by atoms with E-state index in [9.17, 15) is 9.90 Å². The zero-order valence-corrected chi connectivity index (χ0v) is 17.8. The number of rotatable bonds is 5. The van der Waals surface area contributed by atoms with Crippen LogP contribution < -0.4 is 0 Å². The van der Waals surface area contributed by atoms with Crippen molar-refractivity contribution in [2.75, 3.05) is 19.8 Å². The number of aromatic amines is 1. The number of halogens is 2. The number of hydrogen-bond donors (Lipinski definition) is 3. The number of aliphatic carboxylic acids is 1. The number of nitrogens with zero attached hydrogens (tertiary/aromatic N) is 1. The lowest BCUT2D eigenvalue weighted by atomic mass is 9.86. The van der Waals surface area contributed by atoms with E-state index in [0.29, 0.717) is 31.7 Å². The van der Waals surface area contributed by atoms with Crippen molar-refractivity contribution in [3.05, 3.63) is 76.5 Å². The van der Waals surface area contributed by atoms with Gasteiger partial charge in [0.2, 0.25) is 0 Å². The molecule has 3 heterocycles. The highest BCUT2D eigenvalue weighted by atomic mass is 19.1. The SMILES string of the molecule is O=C(O)C=Cc1cc(F)c([C@@H]2c3[nH]c4ccccc4c3C[C@@H](CO)N2C2CCOC2)c(F)c1. The summed E-state index contributed by atoms with van der Waals surface area (Å²) in [5.41, 5.74) is 2.52. The molecule has 2 aliphatic heterocycles. The third-order valence-electron chi connectivity index (χ3n) is 6.61. The lowest BCUT2D eigenvalue weighted by Crippen LogP contribution is -2.52. The summed E-state index contributed by atoms with van der Waals surface area (Å²) in [4.78, 5) is 16.2. The minimum atomic E-state index is -1.20. The van der Waals surface area contributed by atoms with E-state index in [0.717, 1.165) is 40.8 Å². The molecule has 1 unspecified atom stereocenters. The van der Waals surface area contributed by atoms with Gasteiger partial charge in [-0.25, -0.2) is 13.6 Å². The Kier molecular flexibility index (Phi) is 5.74. The molecule has 172 valence electrons. The molecule has 0 radical (unpaired) electrons. The second-order valence-electron chi connectivity index (χ2n) is 8.54. The number of aliphatic hydroxyl groups is 1. The Morgan fingerprint density at radius 1 is 1.24 bits per heavy atom. The first-order valence-corrected chi connectivity index (χ1v) is 10.9. The van der Waals surface area contributed by atoms with Crippen LogP contribution in [0.15, 0.2) is 42.5 Å². The van der Waals surface area contributed by atoms with Crippen LogP contribution in [0.4, 0.5) is 8.78 Å². The smallest absolute Gasteiger partial charge is 0.328 e. The van der Waals surface area contributed by atoms with Crippen molar-refractivity contribution in [1.29, 1.82) is 0 Å². The number of fused-ring (bicyclic) bond motifs is 3. The molecule has 2 aliphatic rings. The molecule has 1 saturated heterocycles. The molecule has 0 spiro atoms. The average Bonchev–Trinajstić information content (AvgIpc) is 3.44. The largest absolute Gasteiger partial charge is 0.478 e. The highest BCUT2D eigenvalue weighted by Gasteiger charge is 2.44. The number of carboxylic acid groups (broad SMARTS) is 1. The predicted molar refractivity (Wildman–Crippen MR) is 119 cm³/mol. The van der Waals surface area contributed by atoms with Gasteiger partial charge in [0, 0.05) is 46.9 Å². The summed E-state index contributed by atoms with van der Waals surface area (Å²) in [5, 5.41) is 20.1. The minimum absolute atomic E-state index is 0.0999. The number of benzene rings is 2. The Morgan fingerprint density at radius 3 is 2.67 bits per heavy atom. The third kappa shape index (κ3) is 3.84. The quantitative estimate of drug-likeness (QED) is 0.513. The molecule has 3 atom stereocenters. The number of ether oxygens (including phenoxy) is 1. The molecule has 0 amide bonds. The van der Waals surface area contributed by atoms with Gasteiger partial charge in [0.05, 0.1) is 19.3 Å². The van der Waals surface area contributed by atoms with Gasteiger partial charge < -0.3 is 19.9 Å². The predicted octanol–water partition coefficient (Wildman–Crippen LogP) is 3.64. The summed E-state index contributed by atoms with van der Waals surface area (Å²) < 4.78 is 36.6. The molecule has 0 aliphatic carbocycles. The highest BCUT2D eigenvalue weighted by Crippen LogP contribution is 2.44. The first-order chi connectivity index (χ1) is 16.0. The number of nitrogens with one attached hydrogen (secondary N) is 1. The fraction of sp³-hybridized carbons (Fsp3) is 0.320. The Balaban J connectivity index is 1.71. The van der Waals surface area contributed by atoms with E-state index < -0.39 is 23.6 Å². The molecular formula is C25H24F2N2O4. The van der Waals surface area contributed by atoms with E-state index in [2.05, 4.69) is 4.98 Å². The molecular weight excluding hydrogens is 430 g/mol. The molecule has 1 fully saturated rings. The van der Waals surface area contributed by atoms with Crippen molar-refractivity contribution in [3.8, 4) is 0 Å². The maximum absolute atomic E-state index is 15.5. The topological polar surface area (TPSA) is 85.8 Å². The number of H-pyrrole nitrogens is 1. The molecule has 3 aromatic rings. The second-order valence-corrected chi connectivity index (χ2v) is 8.54. The molecule has 0 saturated carbocycles. The Hall–Kier alpha value is -3.07. The molecule has 0 bridgehead atoms. The van der Waals surface area contributed by atoms with Crippen LogP contribution in [0.1, 0.15) is 34.8 Å². The van der Waals surface area contributed by atoms with E-state index in [1.165, 1.54) is 0 Å². The van der Waals surface area contributed by atoms with Crippen LogP contribution in [0.25, 0.3) is 17.0 Å². The fourth-order valence-corrected chi connectivity index (χ4v) is 5.22. The van der Waals surface area contributed by atoms with Crippen molar-refractivity contribution in [3.63, 3.8) is 0 Å². The van der Waals surface area contributed by atoms with Gasteiger partial charge in [0.1, 0.15) is 11.6 Å². The summed E-state index contributed by atoms with van der Waals surface area (Å²) in [6.07, 6.45) is 3.25. The van der Waals surface area contributed by atoms with Gasteiger partial charge in [-0.15, -0.1) is 0 Å². The number of aromatic nitrogens is 1. The summed E-state index contributed by atoms with van der Waals surface area (Å²) in [6.45, 7) is 0.815. The molecule has 1 aromatic heterocycles. The van der Waals surface area contributed by atoms with Gasteiger partial charge in [-0.05, 0) is 48.2 Å². The van der Waals surface area contributed by atoms with Crippen molar-refractivity contribution in [2.24, 2.45) is 0 Å². The third-order valence-corrected chi connectivity index (χ3v) is 6.61. The van der Waals surface area contributed by atoms with Crippen LogP contribution in [-0.4, -0.2) is 58.0 Å². The Bertz CT molecular complexity index is 1210.